The number of benzene rings is 1. The summed E-state index contributed by atoms with van der Waals surface area (Å²) in [5.41, 5.74) is 0.965. The Bertz CT molecular complexity index is 771. The number of ether oxygens (including phenoxy) is 2. The third kappa shape index (κ3) is 6.78. The van der Waals surface area contributed by atoms with E-state index in [1.165, 1.54) is 12.8 Å². The third-order valence-corrected chi connectivity index (χ3v) is 6.09. The highest BCUT2D eigenvalue weighted by Crippen LogP contribution is 2.36. The first kappa shape index (κ1) is 25.8. The number of likely N-dealkylation sites (tertiary alicyclic amines) is 1. The van der Waals surface area contributed by atoms with E-state index in [9.17, 15) is 4.79 Å². The second kappa shape index (κ2) is 12.6. The molecule has 1 aromatic rings. The van der Waals surface area contributed by atoms with Gasteiger partial charge in [0.05, 0.1) is 18.7 Å². The van der Waals surface area contributed by atoms with E-state index in [1.54, 1.807) is 14.2 Å². The van der Waals surface area contributed by atoms with Gasteiger partial charge in [-0.3, -0.25) is 9.79 Å². The molecule has 1 heterocycles. The molecule has 9 heteroatoms. The highest BCUT2D eigenvalue weighted by molar-refractivity contribution is 14.0. The van der Waals surface area contributed by atoms with Crippen molar-refractivity contribution >= 4 is 47.4 Å². The summed E-state index contributed by atoms with van der Waals surface area (Å²) in [6, 6.07) is 3.99. The summed E-state index contributed by atoms with van der Waals surface area (Å²) in [6.07, 6.45) is 5.39. The fourth-order valence-corrected chi connectivity index (χ4v) is 4.53. The lowest BCUT2D eigenvalue weighted by molar-refractivity contribution is -0.134. The van der Waals surface area contributed by atoms with Crippen LogP contribution in [0.4, 0.5) is 0 Å². The van der Waals surface area contributed by atoms with Crippen molar-refractivity contribution in [3.63, 3.8) is 0 Å². The van der Waals surface area contributed by atoms with Gasteiger partial charge in [-0.2, -0.15) is 0 Å². The minimum atomic E-state index is 0. The van der Waals surface area contributed by atoms with Crippen LogP contribution >= 0.6 is 35.6 Å². The number of rotatable bonds is 7. The highest BCUT2D eigenvalue weighted by atomic mass is 127. The first-order valence-electron chi connectivity index (χ1n) is 10.8. The minimum absolute atomic E-state index is 0. The highest BCUT2D eigenvalue weighted by Gasteiger charge is 2.32. The quantitative estimate of drug-likeness (QED) is 0.299. The Morgan fingerprint density at radius 1 is 1.29 bits per heavy atom. The second-order valence-corrected chi connectivity index (χ2v) is 8.27. The normalized spacial score (nSPS) is 19.2. The number of hydrogen-bond donors (Lipinski definition) is 2. The van der Waals surface area contributed by atoms with Crippen LogP contribution in [0.15, 0.2) is 17.1 Å². The standard InChI is InChI=1S/C22H33ClN4O3.HI/c1-4-30-20-18(23)11-15(12-19(20)29-3)13-25-22(24-2)26-17-9-10-27(14-17)21(28)16-7-5-6-8-16;/h11-12,16-17H,4-10,13-14H2,1-3H3,(H2,24,25,26);1H. The lowest BCUT2D eigenvalue weighted by atomic mass is 10.1. The monoisotopic (exact) mass is 564 g/mol. The summed E-state index contributed by atoms with van der Waals surface area (Å²) in [4.78, 5) is 19.0. The van der Waals surface area contributed by atoms with Crippen LogP contribution in [0.2, 0.25) is 5.02 Å². The zero-order valence-electron chi connectivity index (χ0n) is 18.6. The van der Waals surface area contributed by atoms with Crippen LogP contribution in [0.25, 0.3) is 0 Å². The summed E-state index contributed by atoms with van der Waals surface area (Å²) in [5, 5.41) is 7.29. The molecule has 1 atom stereocenters. The molecule has 1 aromatic carbocycles. The van der Waals surface area contributed by atoms with Gasteiger partial charge in [0, 0.05) is 38.6 Å². The second-order valence-electron chi connectivity index (χ2n) is 7.86. The van der Waals surface area contributed by atoms with Crippen molar-refractivity contribution in [3.8, 4) is 11.5 Å². The lowest BCUT2D eigenvalue weighted by Gasteiger charge is -2.21. The van der Waals surface area contributed by atoms with Gasteiger partial charge in [-0.25, -0.2) is 0 Å². The fourth-order valence-electron chi connectivity index (χ4n) is 4.24. The minimum Gasteiger partial charge on any atom is -0.493 e. The van der Waals surface area contributed by atoms with E-state index in [1.807, 2.05) is 24.0 Å². The van der Waals surface area contributed by atoms with Gasteiger partial charge in [-0.15, -0.1) is 24.0 Å². The number of hydrogen-bond acceptors (Lipinski definition) is 4. The van der Waals surface area contributed by atoms with E-state index < -0.39 is 0 Å². The topological polar surface area (TPSA) is 75.2 Å². The Labute approximate surface area is 207 Å². The number of carbonyl (C=O) groups excluding carboxylic acids is 1. The van der Waals surface area contributed by atoms with E-state index in [0.717, 1.165) is 37.9 Å². The third-order valence-electron chi connectivity index (χ3n) is 5.81. The molecule has 1 saturated carbocycles. The molecule has 2 aliphatic rings. The molecular formula is C22H34ClIN4O3. The molecule has 2 N–H and O–H groups in total. The van der Waals surface area contributed by atoms with Gasteiger partial charge < -0.3 is 25.0 Å². The molecule has 1 aliphatic heterocycles. The SMILES string of the molecule is CCOc1c(Cl)cc(CNC(=NC)NC2CCN(C(=O)C3CCCC3)C2)cc1OC.I. The van der Waals surface area contributed by atoms with Crippen molar-refractivity contribution < 1.29 is 14.3 Å². The maximum absolute atomic E-state index is 12.6. The first-order valence-corrected chi connectivity index (χ1v) is 11.2. The Balaban J connectivity index is 0.00000341. The molecule has 1 saturated heterocycles. The van der Waals surface area contributed by atoms with Crippen LogP contribution in [0.1, 0.15) is 44.6 Å². The van der Waals surface area contributed by atoms with Crippen molar-refractivity contribution in [1.29, 1.82) is 0 Å². The first-order chi connectivity index (χ1) is 14.5. The largest absolute Gasteiger partial charge is 0.493 e. The Morgan fingerprint density at radius 2 is 2.03 bits per heavy atom. The van der Waals surface area contributed by atoms with E-state index in [0.29, 0.717) is 41.5 Å². The van der Waals surface area contributed by atoms with Crippen molar-refractivity contribution in [2.75, 3.05) is 33.9 Å². The van der Waals surface area contributed by atoms with Crippen LogP contribution in [0.5, 0.6) is 11.5 Å². The Hall–Kier alpha value is -1.42. The molecule has 1 unspecified atom stereocenters. The van der Waals surface area contributed by atoms with Gasteiger partial charge in [0.2, 0.25) is 5.91 Å². The molecule has 0 bridgehead atoms. The van der Waals surface area contributed by atoms with Crippen molar-refractivity contribution in [3.05, 3.63) is 22.7 Å². The molecule has 2 fully saturated rings. The van der Waals surface area contributed by atoms with Crippen LogP contribution in [0, 0.1) is 5.92 Å². The zero-order valence-corrected chi connectivity index (χ0v) is 21.7. The van der Waals surface area contributed by atoms with E-state index in [2.05, 4.69) is 15.6 Å². The van der Waals surface area contributed by atoms with Gasteiger partial charge >= 0.3 is 0 Å². The van der Waals surface area contributed by atoms with E-state index >= 15 is 0 Å². The summed E-state index contributed by atoms with van der Waals surface area (Å²) < 4.78 is 11.0. The number of amides is 1. The number of halogens is 2. The fraction of sp³-hybridized carbons (Fsp3) is 0.636. The lowest BCUT2D eigenvalue weighted by Crippen LogP contribution is -2.45. The molecule has 0 radical (unpaired) electrons. The smallest absolute Gasteiger partial charge is 0.225 e. The van der Waals surface area contributed by atoms with Gasteiger partial charge in [-0.1, -0.05) is 24.4 Å². The average molecular weight is 565 g/mol. The molecule has 7 nitrogen and oxygen atoms in total. The molecule has 31 heavy (non-hydrogen) atoms. The van der Waals surface area contributed by atoms with Crippen LogP contribution < -0.4 is 20.1 Å². The van der Waals surface area contributed by atoms with E-state index in [-0.39, 0.29) is 35.9 Å². The van der Waals surface area contributed by atoms with Crippen molar-refractivity contribution in [2.24, 2.45) is 10.9 Å². The van der Waals surface area contributed by atoms with Gasteiger partial charge in [-0.05, 0) is 43.9 Å². The molecule has 174 valence electrons. The van der Waals surface area contributed by atoms with Gasteiger partial charge in [0.1, 0.15) is 0 Å². The van der Waals surface area contributed by atoms with Crippen LogP contribution in [-0.2, 0) is 11.3 Å². The van der Waals surface area contributed by atoms with Crippen molar-refractivity contribution in [1.82, 2.24) is 15.5 Å². The molecule has 0 spiro atoms. The number of methoxy groups -OCH3 is 1. The summed E-state index contributed by atoms with van der Waals surface area (Å²) in [7, 11) is 3.35. The average Bonchev–Trinajstić information content (AvgIpc) is 3.44. The van der Waals surface area contributed by atoms with Crippen LogP contribution in [0.3, 0.4) is 0 Å². The van der Waals surface area contributed by atoms with Crippen LogP contribution in [-0.4, -0.2) is 56.7 Å². The zero-order chi connectivity index (χ0) is 21.5. The van der Waals surface area contributed by atoms with Gasteiger partial charge in [0.25, 0.3) is 0 Å². The molecule has 1 aliphatic carbocycles. The number of nitrogens with zero attached hydrogens (tertiary/aromatic N) is 2. The Morgan fingerprint density at radius 3 is 2.68 bits per heavy atom. The van der Waals surface area contributed by atoms with E-state index in [4.69, 9.17) is 21.1 Å². The van der Waals surface area contributed by atoms with Crippen molar-refractivity contribution in [2.45, 2.75) is 51.6 Å². The predicted molar refractivity (Wildman–Crippen MR) is 135 cm³/mol. The molecule has 1 amide bonds. The molecule has 0 aromatic heterocycles. The maximum atomic E-state index is 12.6. The number of guanidine groups is 1. The molecular weight excluding hydrogens is 531 g/mol. The Kier molecular flexibility index (Phi) is 10.5. The van der Waals surface area contributed by atoms with Gasteiger partial charge in [0.15, 0.2) is 17.5 Å². The molecule has 3 rings (SSSR count). The number of nitrogens with one attached hydrogen (secondary N) is 2. The number of aliphatic imine (C=N–C) groups is 1. The number of carbonyl (C=O) groups is 1. The summed E-state index contributed by atoms with van der Waals surface area (Å²) in [6.45, 7) is 4.52. The summed E-state index contributed by atoms with van der Waals surface area (Å²) >= 11 is 6.36. The maximum Gasteiger partial charge on any atom is 0.225 e. The summed E-state index contributed by atoms with van der Waals surface area (Å²) in [5.74, 6) is 2.45. The predicted octanol–water partition coefficient (Wildman–Crippen LogP) is 3.82.